The van der Waals surface area contributed by atoms with Crippen molar-refractivity contribution in [3.63, 3.8) is 0 Å². The number of halogens is 1. The van der Waals surface area contributed by atoms with Crippen molar-refractivity contribution in [1.29, 1.82) is 0 Å². The van der Waals surface area contributed by atoms with Crippen LogP contribution in [0.1, 0.15) is 44.5 Å². The number of aryl methyl sites for hydroxylation is 4. The molecule has 0 radical (unpaired) electrons. The van der Waals surface area contributed by atoms with Gasteiger partial charge < -0.3 is 0 Å². The maximum Gasteiger partial charge on any atom is 0.357 e. The second-order valence-corrected chi connectivity index (χ2v) is 21.9. The lowest BCUT2D eigenvalue weighted by Crippen LogP contribution is -3.61. The highest BCUT2D eigenvalue weighted by atomic mass is 127. The maximum absolute atomic E-state index is 2.35. The van der Waals surface area contributed by atoms with E-state index in [2.05, 4.69) is 222 Å². The molecule has 0 unspecified atom stereocenters. The third-order valence-electron chi connectivity index (χ3n) is 10.2. The van der Waals surface area contributed by atoms with Crippen molar-refractivity contribution < 1.29 is 21.2 Å². The van der Waals surface area contributed by atoms with Gasteiger partial charge in [0.1, 0.15) is 0 Å². The molecule has 0 amide bonds. The van der Waals surface area contributed by atoms with E-state index >= 15 is 0 Å². The first-order valence-corrected chi connectivity index (χ1v) is 24.2. The van der Waals surface area contributed by atoms with E-state index in [9.17, 15) is 0 Å². The van der Waals surface area contributed by atoms with Gasteiger partial charge in [0.15, 0.2) is 36.5 Å². The highest BCUT2D eigenvalue weighted by molar-refractivity contribution is 7.97. The van der Waals surface area contributed by atoms with Gasteiger partial charge in [-0.2, -0.15) is 0 Å². The Labute approximate surface area is 356 Å². The zero-order valence-corrected chi connectivity index (χ0v) is 36.9. The monoisotopic (exact) mass is 887 g/mol. The fourth-order valence-corrected chi connectivity index (χ4v) is 13.2. The number of rotatable bonds is 12. The summed E-state index contributed by atoms with van der Waals surface area (Å²) < 4.78 is 2.91. The van der Waals surface area contributed by atoms with Gasteiger partial charge in [0.25, 0.3) is 0 Å². The molecule has 8 aromatic rings. The first kappa shape index (κ1) is 39.0. The third-order valence-corrected chi connectivity index (χ3v) is 17.4. The second kappa shape index (κ2) is 18.2. The van der Waals surface area contributed by atoms with Crippen LogP contribution in [-0.4, -0.2) is 0 Å². The largest absolute Gasteiger partial charge is 0.357 e. The molecule has 57 heavy (non-hydrogen) atoms. The molecule has 0 saturated heterocycles. The fourth-order valence-electron chi connectivity index (χ4n) is 6.93. The van der Waals surface area contributed by atoms with E-state index in [0.29, 0.717) is 0 Å². The van der Waals surface area contributed by atoms with E-state index in [1.807, 2.05) is 0 Å². The van der Waals surface area contributed by atoms with Crippen molar-refractivity contribution in [3.05, 3.63) is 246 Å². The van der Waals surface area contributed by atoms with Crippen LogP contribution in [0.15, 0.2) is 223 Å². The molecule has 0 aliphatic carbocycles. The van der Waals surface area contributed by atoms with Crippen molar-refractivity contribution in [2.75, 3.05) is 0 Å². The van der Waals surface area contributed by atoms with Crippen LogP contribution in [0.25, 0.3) is 0 Å². The van der Waals surface area contributed by atoms with Crippen LogP contribution in [-0.2, 0) is 34.6 Å². The maximum atomic E-state index is 2.35. The molecule has 0 aliphatic rings. The lowest BCUT2D eigenvalue weighted by atomic mass is 10.1. The van der Waals surface area contributed by atoms with Crippen LogP contribution in [0, 0.1) is 34.8 Å². The summed E-state index contributed by atoms with van der Waals surface area (Å²) in [5.74, 6) is 0. The van der Waals surface area contributed by atoms with Crippen molar-refractivity contribution in [3.8, 4) is 0 Å². The van der Waals surface area contributed by atoms with Gasteiger partial charge >= 0.3 is 21.2 Å². The lowest BCUT2D eigenvalue weighted by molar-refractivity contribution is -0.597. The van der Waals surface area contributed by atoms with Crippen LogP contribution < -0.4 is 21.2 Å². The molecule has 0 saturated carbocycles. The Balaban J connectivity index is 0.888. The summed E-state index contributed by atoms with van der Waals surface area (Å²) in [5, 5.41) is 0. The van der Waals surface area contributed by atoms with Gasteiger partial charge in [-0.3, -0.25) is 0 Å². The number of benzene rings is 8. The Morgan fingerprint density at radius 1 is 0.263 bits per heavy atom. The lowest BCUT2D eigenvalue weighted by Gasteiger charge is -2.10. The predicted octanol–water partition coefficient (Wildman–Crippen LogP) is 10.4. The summed E-state index contributed by atoms with van der Waals surface area (Å²) >= 11 is -0.239. The SMILES string of the molecule is Cc1ccc([S+](c2ccc(C)cc2)c2ccc(Cc3ccc([I+]c4ccc(Cc5ccc([S+](c6ccc(C)cc6)c6ccc(C)cc6)cc5)cc4)cc3)cc2)cc1. The average molecular weight is 888 g/mol. The van der Waals surface area contributed by atoms with Gasteiger partial charge in [-0.15, -0.1) is 0 Å². The molecule has 0 N–H and O–H groups in total. The van der Waals surface area contributed by atoms with Crippen molar-refractivity contribution >= 4 is 21.8 Å². The zero-order valence-electron chi connectivity index (χ0n) is 33.1. The highest BCUT2D eigenvalue weighted by Crippen LogP contribution is 2.33. The zero-order chi connectivity index (χ0) is 39.1. The first-order valence-electron chi connectivity index (χ1n) is 19.6. The second-order valence-electron chi connectivity index (χ2n) is 14.9. The Morgan fingerprint density at radius 3 is 0.684 bits per heavy atom. The summed E-state index contributed by atoms with van der Waals surface area (Å²) in [7, 11) is -0.266. The normalized spacial score (nSPS) is 11.3. The Hall–Kier alpha value is -4.81. The molecule has 0 atom stereocenters. The molecule has 3 heteroatoms. The smallest absolute Gasteiger partial charge is 0.0543 e. The summed E-state index contributed by atoms with van der Waals surface area (Å²) in [5.41, 5.74) is 10.6. The molecule has 8 aromatic carbocycles. The molecular formula is C54H48IS2+3. The van der Waals surface area contributed by atoms with Crippen molar-refractivity contribution in [2.24, 2.45) is 0 Å². The molecule has 0 aliphatic heterocycles. The van der Waals surface area contributed by atoms with Gasteiger partial charge in [0.05, 0.1) is 21.8 Å². The fraction of sp³-hybridized carbons (Fsp3) is 0.111. The highest BCUT2D eigenvalue weighted by Gasteiger charge is 2.30. The van der Waals surface area contributed by atoms with Gasteiger partial charge in [0.2, 0.25) is 0 Å². The average Bonchev–Trinajstić information content (AvgIpc) is 3.23. The van der Waals surface area contributed by atoms with Crippen LogP contribution >= 0.6 is 0 Å². The molecule has 0 heterocycles. The molecule has 0 bridgehead atoms. The minimum atomic E-state index is -0.239. The first-order chi connectivity index (χ1) is 27.8. The number of hydrogen-bond donors (Lipinski definition) is 0. The van der Waals surface area contributed by atoms with Crippen LogP contribution in [0.5, 0.6) is 0 Å². The van der Waals surface area contributed by atoms with Crippen LogP contribution in [0.4, 0.5) is 0 Å². The molecule has 8 rings (SSSR count). The predicted molar refractivity (Wildman–Crippen MR) is 238 cm³/mol. The van der Waals surface area contributed by atoms with Gasteiger partial charge in [-0.25, -0.2) is 0 Å². The topological polar surface area (TPSA) is 0 Å². The van der Waals surface area contributed by atoms with E-state index in [4.69, 9.17) is 0 Å². The van der Waals surface area contributed by atoms with E-state index in [1.54, 1.807) is 0 Å². The standard InChI is InChI=1S/C54H48IS2/c1-39-5-25-49(26-6-39)56(50-27-7-40(2)8-28-50)53-33-17-45(18-34-53)37-43-13-21-47(22-14-43)55-48-23-15-44(16-24-48)38-46-19-35-54(36-20-46)57(51-29-9-41(3)10-30-51)52-31-11-42(4)12-32-52/h5-36H,37-38H2,1-4H3/q+3. The minimum Gasteiger partial charge on any atom is -0.0543 e. The van der Waals surface area contributed by atoms with E-state index in [-0.39, 0.29) is 43.0 Å². The number of hydrogen-bond acceptors (Lipinski definition) is 0. The van der Waals surface area contributed by atoms with Crippen molar-refractivity contribution in [2.45, 2.75) is 69.9 Å². The molecule has 0 spiro atoms. The molecular weight excluding hydrogens is 840 g/mol. The van der Waals surface area contributed by atoms with Crippen molar-refractivity contribution in [1.82, 2.24) is 0 Å². The van der Waals surface area contributed by atoms with E-state index < -0.39 is 0 Å². The Kier molecular flexibility index (Phi) is 12.5. The molecule has 0 nitrogen and oxygen atoms in total. The van der Waals surface area contributed by atoms with Crippen LogP contribution in [0.2, 0.25) is 0 Å². The molecule has 0 fully saturated rings. The minimum absolute atomic E-state index is 0.133. The van der Waals surface area contributed by atoms with E-state index in [1.165, 1.54) is 81.0 Å². The summed E-state index contributed by atoms with van der Waals surface area (Å²) in [6.07, 6.45) is 1.88. The van der Waals surface area contributed by atoms with Gasteiger partial charge in [-0.05, 0) is 160 Å². The summed E-state index contributed by atoms with van der Waals surface area (Å²) in [6, 6.07) is 73.5. The quantitative estimate of drug-likeness (QED) is 0.0847. The third kappa shape index (κ3) is 10.0. The van der Waals surface area contributed by atoms with Gasteiger partial charge in [-0.1, -0.05) is 119 Å². The summed E-state index contributed by atoms with van der Waals surface area (Å²) in [4.78, 5) is 8.15. The molecule has 0 aromatic heterocycles. The van der Waals surface area contributed by atoms with Gasteiger partial charge in [0, 0.05) is 0 Å². The molecule has 280 valence electrons. The Morgan fingerprint density at radius 2 is 0.456 bits per heavy atom. The summed E-state index contributed by atoms with van der Waals surface area (Å²) in [6.45, 7) is 8.63. The van der Waals surface area contributed by atoms with E-state index in [0.717, 1.165) is 12.8 Å². The Bertz CT molecular complexity index is 2230. The van der Waals surface area contributed by atoms with Crippen LogP contribution in [0.3, 0.4) is 0 Å².